The summed E-state index contributed by atoms with van der Waals surface area (Å²) in [7, 11) is 1.39. The molecule has 2 unspecified atom stereocenters. The van der Waals surface area contributed by atoms with E-state index in [-0.39, 0.29) is 24.6 Å². The Kier molecular flexibility index (Phi) is 5.24. The monoisotopic (exact) mass is 460 g/mol. The molecule has 2 N–H and O–H groups in total. The van der Waals surface area contributed by atoms with Gasteiger partial charge in [0.2, 0.25) is 5.91 Å². The lowest BCUT2D eigenvalue weighted by atomic mass is 9.99. The quantitative estimate of drug-likeness (QED) is 0.623. The molecular formula is C25H24N4O5. The van der Waals surface area contributed by atoms with Gasteiger partial charge in [0.15, 0.2) is 6.17 Å². The van der Waals surface area contributed by atoms with Gasteiger partial charge in [-0.2, -0.15) is 5.01 Å². The van der Waals surface area contributed by atoms with Crippen LogP contribution in [0.25, 0.3) is 10.8 Å². The number of carbonyl (C=O) groups excluding carboxylic acids is 2. The molecule has 0 bridgehead atoms. The zero-order valence-electron chi connectivity index (χ0n) is 18.5. The molecule has 3 aromatic rings. The summed E-state index contributed by atoms with van der Waals surface area (Å²) in [4.78, 5) is 41.7. The van der Waals surface area contributed by atoms with Crippen molar-refractivity contribution in [1.29, 1.82) is 0 Å². The number of fused-ring (bicyclic) bond motifs is 2. The minimum absolute atomic E-state index is 0.0660. The second kappa shape index (κ2) is 8.26. The molecule has 0 saturated carbocycles. The number of hydrogen-bond acceptors (Lipinski definition) is 4. The van der Waals surface area contributed by atoms with Crippen LogP contribution in [0.2, 0.25) is 0 Å². The van der Waals surface area contributed by atoms with Gasteiger partial charge in [0.05, 0.1) is 6.54 Å². The number of amides is 4. The van der Waals surface area contributed by atoms with Gasteiger partial charge in [0.25, 0.3) is 0 Å². The first-order valence-electron chi connectivity index (χ1n) is 11.0. The first-order chi connectivity index (χ1) is 16.3. The predicted octanol–water partition coefficient (Wildman–Crippen LogP) is 3.09. The summed E-state index contributed by atoms with van der Waals surface area (Å²) in [6, 6.07) is 18.8. The third kappa shape index (κ3) is 3.55. The van der Waals surface area contributed by atoms with Gasteiger partial charge in [-0.3, -0.25) is 9.69 Å². The van der Waals surface area contributed by atoms with Crippen molar-refractivity contribution in [1.82, 2.24) is 19.8 Å². The van der Waals surface area contributed by atoms with E-state index in [1.54, 1.807) is 17.0 Å². The number of piperazine rings is 1. The molecule has 2 fully saturated rings. The van der Waals surface area contributed by atoms with Crippen molar-refractivity contribution in [3.05, 3.63) is 77.9 Å². The minimum Gasteiger partial charge on any atom is -0.508 e. The van der Waals surface area contributed by atoms with Crippen LogP contribution in [0.5, 0.6) is 5.75 Å². The molecule has 0 aromatic heterocycles. The molecule has 2 aliphatic rings. The Morgan fingerprint density at radius 3 is 2.44 bits per heavy atom. The molecule has 9 heteroatoms. The molecule has 34 heavy (non-hydrogen) atoms. The highest BCUT2D eigenvalue weighted by Crippen LogP contribution is 2.32. The van der Waals surface area contributed by atoms with E-state index < -0.39 is 24.3 Å². The number of phenols is 1. The zero-order valence-corrected chi connectivity index (χ0v) is 18.5. The second-order valence-corrected chi connectivity index (χ2v) is 8.56. The zero-order chi connectivity index (χ0) is 24.0. The molecule has 0 aliphatic carbocycles. The maximum absolute atomic E-state index is 13.7. The molecular weight excluding hydrogens is 436 g/mol. The van der Waals surface area contributed by atoms with Gasteiger partial charge in [-0.25, -0.2) is 14.6 Å². The average Bonchev–Trinajstić information content (AvgIpc) is 3.07. The van der Waals surface area contributed by atoms with Crippen molar-refractivity contribution in [2.45, 2.75) is 25.2 Å². The Balaban J connectivity index is 1.53. The lowest BCUT2D eigenvalue weighted by Gasteiger charge is -2.42. The third-order valence-electron chi connectivity index (χ3n) is 6.54. The standard InChI is InChI=1S/C25H24N4O5/c1-26-24(32)28-21(13-16-9-11-19(30)12-10-16)23(31)27(15-22(28)29(26)25(33)34)14-18-7-4-6-17-5-2-3-8-20(17)18/h2-12,21-22,30H,13-15H2,1H3,(H,33,34). The Labute approximate surface area is 196 Å². The number of nitrogens with zero attached hydrogens (tertiary/aromatic N) is 4. The molecule has 174 valence electrons. The van der Waals surface area contributed by atoms with Crippen molar-refractivity contribution in [3.8, 4) is 5.75 Å². The lowest BCUT2D eigenvalue weighted by molar-refractivity contribution is -0.146. The van der Waals surface area contributed by atoms with Crippen molar-refractivity contribution in [3.63, 3.8) is 0 Å². The van der Waals surface area contributed by atoms with E-state index in [2.05, 4.69) is 0 Å². The molecule has 9 nitrogen and oxygen atoms in total. The fourth-order valence-electron chi connectivity index (χ4n) is 4.90. The molecule has 2 saturated heterocycles. The number of phenolic OH excluding ortho intramolecular Hbond substituents is 1. The Morgan fingerprint density at radius 1 is 1.00 bits per heavy atom. The maximum atomic E-state index is 13.7. The first-order valence-corrected chi connectivity index (χ1v) is 11.0. The highest BCUT2D eigenvalue weighted by atomic mass is 16.4. The second-order valence-electron chi connectivity index (χ2n) is 8.56. The smallest absolute Gasteiger partial charge is 0.428 e. The Bertz CT molecular complexity index is 1270. The van der Waals surface area contributed by atoms with Gasteiger partial charge in [-0.15, -0.1) is 0 Å². The summed E-state index contributed by atoms with van der Waals surface area (Å²) in [5.41, 5.74) is 1.70. The van der Waals surface area contributed by atoms with Gasteiger partial charge in [-0.1, -0.05) is 54.6 Å². The fourth-order valence-corrected chi connectivity index (χ4v) is 4.90. The van der Waals surface area contributed by atoms with E-state index in [0.29, 0.717) is 6.54 Å². The van der Waals surface area contributed by atoms with Gasteiger partial charge < -0.3 is 15.1 Å². The molecule has 2 heterocycles. The summed E-state index contributed by atoms with van der Waals surface area (Å²) in [5.74, 6) is -0.144. The number of benzene rings is 3. The number of hydrogen-bond donors (Lipinski definition) is 2. The van der Waals surface area contributed by atoms with Crippen LogP contribution in [0.15, 0.2) is 66.7 Å². The predicted molar refractivity (Wildman–Crippen MR) is 124 cm³/mol. The number of rotatable bonds is 4. The number of carboxylic acid groups (broad SMARTS) is 1. The van der Waals surface area contributed by atoms with Gasteiger partial charge >= 0.3 is 12.1 Å². The van der Waals surface area contributed by atoms with Crippen LogP contribution in [-0.4, -0.2) is 73.9 Å². The van der Waals surface area contributed by atoms with Gasteiger partial charge in [-0.05, 0) is 34.0 Å². The third-order valence-corrected chi connectivity index (χ3v) is 6.54. The molecule has 0 radical (unpaired) electrons. The molecule has 5 rings (SSSR count). The molecule has 2 aliphatic heterocycles. The summed E-state index contributed by atoms with van der Waals surface area (Å²) >= 11 is 0. The van der Waals surface area contributed by atoms with Crippen LogP contribution in [0, 0.1) is 0 Å². The summed E-state index contributed by atoms with van der Waals surface area (Å²) in [6.45, 7) is 0.360. The SMILES string of the molecule is CN1C(=O)N2C(Cc3ccc(O)cc3)C(=O)N(Cc3cccc4ccccc34)CC2N1C(=O)O. The van der Waals surface area contributed by atoms with Crippen LogP contribution >= 0.6 is 0 Å². The Morgan fingerprint density at radius 2 is 1.71 bits per heavy atom. The number of carbonyl (C=O) groups is 3. The maximum Gasteiger partial charge on any atom is 0.428 e. The van der Waals surface area contributed by atoms with Crippen molar-refractivity contribution < 1.29 is 24.6 Å². The van der Waals surface area contributed by atoms with Gasteiger partial charge in [0.1, 0.15) is 11.8 Å². The summed E-state index contributed by atoms with van der Waals surface area (Å²) in [5, 5.41) is 23.5. The van der Waals surface area contributed by atoms with Gasteiger partial charge in [0, 0.05) is 20.0 Å². The van der Waals surface area contributed by atoms with E-state index in [1.165, 1.54) is 24.1 Å². The van der Waals surface area contributed by atoms with E-state index in [9.17, 15) is 24.6 Å². The molecule has 4 amide bonds. The van der Waals surface area contributed by atoms with Crippen molar-refractivity contribution in [2.24, 2.45) is 0 Å². The highest BCUT2D eigenvalue weighted by molar-refractivity contribution is 5.92. The van der Waals surface area contributed by atoms with Crippen LogP contribution in [0.3, 0.4) is 0 Å². The first kappa shape index (κ1) is 21.6. The largest absolute Gasteiger partial charge is 0.508 e. The van der Waals surface area contributed by atoms with Crippen molar-refractivity contribution in [2.75, 3.05) is 13.6 Å². The highest BCUT2D eigenvalue weighted by Gasteiger charge is 2.54. The van der Waals surface area contributed by atoms with Crippen LogP contribution in [0.1, 0.15) is 11.1 Å². The van der Waals surface area contributed by atoms with Crippen LogP contribution in [0.4, 0.5) is 9.59 Å². The normalized spacial score (nSPS) is 20.3. The average molecular weight is 460 g/mol. The van der Waals surface area contributed by atoms with Crippen molar-refractivity contribution >= 4 is 28.8 Å². The fraction of sp³-hybridized carbons (Fsp3) is 0.240. The van der Waals surface area contributed by atoms with E-state index in [1.807, 2.05) is 42.5 Å². The summed E-state index contributed by atoms with van der Waals surface area (Å²) in [6.07, 6.45) is -1.88. The van der Waals surface area contributed by atoms with E-state index in [4.69, 9.17) is 0 Å². The molecule has 0 spiro atoms. The number of aromatic hydroxyl groups is 1. The molecule has 2 atom stereocenters. The van der Waals surface area contributed by atoms with Crippen LogP contribution < -0.4 is 0 Å². The minimum atomic E-state index is -1.26. The molecule has 3 aromatic carbocycles. The van der Waals surface area contributed by atoms with Crippen LogP contribution in [-0.2, 0) is 17.8 Å². The Hall–Kier alpha value is -4.27. The number of urea groups is 1. The van der Waals surface area contributed by atoms with E-state index >= 15 is 0 Å². The van der Waals surface area contributed by atoms with E-state index in [0.717, 1.165) is 31.9 Å². The number of hydrazine groups is 1. The topological polar surface area (TPSA) is 105 Å². The lowest BCUT2D eigenvalue weighted by Crippen LogP contribution is -2.63. The summed E-state index contributed by atoms with van der Waals surface area (Å²) < 4.78 is 0.